The van der Waals surface area contributed by atoms with Gasteiger partial charge < -0.3 is 15.7 Å². The second kappa shape index (κ2) is 5.58. The van der Waals surface area contributed by atoms with Gasteiger partial charge in [-0.25, -0.2) is 4.79 Å². The van der Waals surface area contributed by atoms with Crippen LogP contribution in [0, 0.1) is 23.7 Å². The molecule has 4 unspecified atom stereocenters. The van der Waals surface area contributed by atoms with Gasteiger partial charge in [-0.3, -0.25) is 0 Å². The number of urea groups is 1. The number of carbonyl (C=O) groups excluding carboxylic acids is 1. The van der Waals surface area contributed by atoms with Crippen molar-refractivity contribution in [2.45, 2.75) is 37.8 Å². The number of nitrogens with one attached hydrogen (secondary N) is 2. The van der Waals surface area contributed by atoms with E-state index in [1.807, 2.05) is 30.3 Å². The number of fused-ring (bicyclic) bond motifs is 5. The molecule has 0 spiro atoms. The molecule has 0 heterocycles. The van der Waals surface area contributed by atoms with Crippen LogP contribution in [0.4, 0.5) is 4.79 Å². The van der Waals surface area contributed by atoms with Gasteiger partial charge in [-0.1, -0.05) is 30.3 Å². The Bertz CT molecular complexity index is 531. The van der Waals surface area contributed by atoms with Gasteiger partial charge in [-0.2, -0.15) is 0 Å². The number of aliphatic hydroxyl groups is 1. The standard InChI is InChI=1S/C18H24N2O2/c21-10-14(8-11-4-2-1-3-5-11)19-18(22)20-17-15-12-6-7-13(9-12)16(15)17/h1-5,12-17,21H,6-10H2,(H2,19,20,22)/t12?,13?,14-,15?,16?,17?/m0/s1. The molecule has 3 fully saturated rings. The summed E-state index contributed by atoms with van der Waals surface area (Å²) >= 11 is 0. The Morgan fingerprint density at radius 1 is 1.18 bits per heavy atom. The summed E-state index contributed by atoms with van der Waals surface area (Å²) in [5.41, 5.74) is 1.13. The van der Waals surface area contributed by atoms with Gasteiger partial charge in [0.05, 0.1) is 12.6 Å². The van der Waals surface area contributed by atoms with Gasteiger partial charge in [0.2, 0.25) is 0 Å². The summed E-state index contributed by atoms with van der Waals surface area (Å²) in [4.78, 5) is 12.2. The maximum Gasteiger partial charge on any atom is 0.315 e. The van der Waals surface area contributed by atoms with Crippen molar-refractivity contribution in [1.29, 1.82) is 0 Å². The van der Waals surface area contributed by atoms with Crippen molar-refractivity contribution in [3.8, 4) is 0 Å². The molecule has 4 rings (SSSR count). The lowest BCUT2D eigenvalue weighted by atomic mass is 10.0. The molecule has 0 radical (unpaired) electrons. The lowest BCUT2D eigenvalue weighted by Gasteiger charge is -2.18. The van der Waals surface area contributed by atoms with Crippen LogP contribution in [0.25, 0.3) is 0 Å². The van der Waals surface area contributed by atoms with E-state index in [2.05, 4.69) is 10.6 Å². The van der Waals surface area contributed by atoms with Crippen molar-refractivity contribution in [3.05, 3.63) is 35.9 Å². The van der Waals surface area contributed by atoms with E-state index in [1.54, 1.807) is 0 Å². The Balaban J connectivity index is 1.28. The minimum Gasteiger partial charge on any atom is -0.394 e. The van der Waals surface area contributed by atoms with Crippen LogP contribution in [0.1, 0.15) is 24.8 Å². The summed E-state index contributed by atoms with van der Waals surface area (Å²) < 4.78 is 0. The molecule has 3 N–H and O–H groups in total. The molecule has 0 aromatic heterocycles. The van der Waals surface area contributed by atoms with E-state index in [0.29, 0.717) is 12.5 Å². The van der Waals surface area contributed by atoms with Crippen molar-refractivity contribution in [2.75, 3.05) is 6.61 Å². The third-order valence-corrected chi connectivity index (χ3v) is 5.91. The first-order chi connectivity index (χ1) is 10.8. The van der Waals surface area contributed by atoms with E-state index in [1.165, 1.54) is 19.3 Å². The van der Waals surface area contributed by atoms with Gasteiger partial charge in [0, 0.05) is 6.04 Å². The van der Waals surface area contributed by atoms with Crippen LogP contribution in [-0.4, -0.2) is 29.8 Å². The number of hydrogen-bond donors (Lipinski definition) is 3. The van der Waals surface area contributed by atoms with Gasteiger partial charge in [0.1, 0.15) is 0 Å². The number of aliphatic hydroxyl groups excluding tert-OH is 1. The molecule has 1 aromatic rings. The predicted octanol–water partition coefficient (Wildman–Crippen LogP) is 1.93. The highest BCUT2D eigenvalue weighted by molar-refractivity contribution is 5.75. The summed E-state index contributed by atoms with van der Waals surface area (Å²) in [5.74, 6) is 3.20. The minimum absolute atomic E-state index is 0.0366. The Labute approximate surface area is 131 Å². The number of amides is 2. The Hall–Kier alpha value is -1.55. The van der Waals surface area contributed by atoms with Gasteiger partial charge in [-0.15, -0.1) is 0 Å². The maximum atomic E-state index is 12.2. The molecule has 0 saturated heterocycles. The van der Waals surface area contributed by atoms with E-state index < -0.39 is 0 Å². The lowest BCUT2D eigenvalue weighted by molar-refractivity contribution is 0.214. The number of benzene rings is 1. The summed E-state index contributed by atoms with van der Waals surface area (Å²) in [6, 6.07) is 10.0. The maximum absolute atomic E-state index is 12.2. The Morgan fingerprint density at radius 2 is 1.86 bits per heavy atom. The van der Waals surface area contributed by atoms with Crippen molar-refractivity contribution in [2.24, 2.45) is 23.7 Å². The van der Waals surface area contributed by atoms with Crippen LogP contribution >= 0.6 is 0 Å². The zero-order chi connectivity index (χ0) is 15.1. The van der Waals surface area contributed by atoms with Gasteiger partial charge in [0.15, 0.2) is 0 Å². The number of rotatable bonds is 5. The van der Waals surface area contributed by atoms with Crippen LogP contribution in [0.15, 0.2) is 30.3 Å². The molecule has 2 bridgehead atoms. The molecule has 4 heteroatoms. The van der Waals surface area contributed by atoms with E-state index in [9.17, 15) is 9.90 Å². The second-order valence-electron chi connectivity index (χ2n) is 7.20. The largest absolute Gasteiger partial charge is 0.394 e. The average Bonchev–Trinajstić information content (AvgIpc) is 2.93. The first-order valence-corrected chi connectivity index (χ1v) is 8.48. The van der Waals surface area contributed by atoms with Gasteiger partial charge in [0.25, 0.3) is 0 Å². The number of carbonyl (C=O) groups is 1. The average molecular weight is 300 g/mol. The summed E-state index contributed by atoms with van der Waals surface area (Å²) in [7, 11) is 0. The molecular formula is C18H24N2O2. The molecule has 1 aromatic carbocycles. The van der Waals surface area contributed by atoms with Crippen LogP contribution in [-0.2, 0) is 6.42 Å². The first-order valence-electron chi connectivity index (χ1n) is 8.48. The number of hydrogen-bond acceptors (Lipinski definition) is 2. The zero-order valence-corrected chi connectivity index (χ0v) is 12.7. The third kappa shape index (κ3) is 2.50. The molecule has 5 atom stereocenters. The van der Waals surface area contributed by atoms with Crippen molar-refractivity contribution in [1.82, 2.24) is 10.6 Å². The Morgan fingerprint density at radius 3 is 2.50 bits per heavy atom. The van der Waals surface area contributed by atoms with E-state index in [0.717, 1.165) is 29.2 Å². The van der Waals surface area contributed by atoms with Gasteiger partial charge >= 0.3 is 6.03 Å². The monoisotopic (exact) mass is 300 g/mol. The van der Waals surface area contributed by atoms with Crippen LogP contribution in [0.5, 0.6) is 0 Å². The lowest BCUT2D eigenvalue weighted by Crippen LogP contribution is -2.46. The molecule has 22 heavy (non-hydrogen) atoms. The second-order valence-corrected chi connectivity index (χ2v) is 7.20. The summed E-state index contributed by atoms with van der Waals surface area (Å²) in [5, 5.41) is 15.6. The molecule has 4 nitrogen and oxygen atoms in total. The topological polar surface area (TPSA) is 61.4 Å². The highest BCUT2D eigenvalue weighted by Gasteiger charge is 2.65. The molecule has 0 aliphatic heterocycles. The van der Waals surface area contributed by atoms with E-state index >= 15 is 0 Å². The quantitative estimate of drug-likeness (QED) is 0.778. The van der Waals surface area contributed by atoms with Crippen molar-refractivity contribution < 1.29 is 9.90 Å². The molecule has 3 aliphatic rings. The first kappa shape index (κ1) is 14.1. The SMILES string of the molecule is O=C(NC1C2C3CCC(C3)C12)N[C@H](CO)Cc1ccccc1. The van der Waals surface area contributed by atoms with E-state index in [-0.39, 0.29) is 18.7 Å². The normalized spacial score (nSPS) is 35.8. The van der Waals surface area contributed by atoms with Gasteiger partial charge in [-0.05, 0) is 54.9 Å². The zero-order valence-electron chi connectivity index (χ0n) is 12.7. The highest BCUT2D eigenvalue weighted by Crippen LogP contribution is 2.65. The fourth-order valence-corrected chi connectivity index (χ4v) is 4.96. The molecule has 118 valence electrons. The van der Waals surface area contributed by atoms with Crippen LogP contribution < -0.4 is 10.6 Å². The Kier molecular flexibility index (Phi) is 3.57. The fourth-order valence-electron chi connectivity index (χ4n) is 4.96. The summed E-state index contributed by atoms with van der Waals surface area (Å²) in [6.45, 7) is -0.0366. The molecule has 3 aliphatic carbocycles. The molecular weight excluding hydrogens is 276 g/mol. The minimum atomic E-state index is -0.224. The molecule has 2 amide bonds. The smallest absolute Gasteiger partial charge is 0.315 e. The van der Waals surface area contributed by atoms with Crippen LogP contribution in [0.3, 0.4) is 0 Å². The molecule has 3 saturated carbocycles. The van der Waals surface area contributed by atoms with Crippen molar-refractivity contribution in [3.63, 3.8) is 0 Å². The van der Waals surface area contributed by atoms with Crippen LogP contribution in [0.2, 0.25) is 0 Å². The predicted molar refractivity (Wildman–Crippen MR) is 84.3 cm³/mol. The van der Waals surface area contributed by atoms with Crippen molar-refractivity contribution >= 4 is 6.03 Å². The highest BCUT2D eigenvalue weighted by atomic mass is 16.3. The van der Waals surface area contributed by atoms with E-state index in [4.69, 9.17) is 0 Å². The third-order valence-electron chi connectivity index (χ3n) is 5.91. The fraction of sp³-hybridized carbons (Fsp3) is 0.611. The summed E-state index contributed by atoms with van der Waals surface area (Å²) in [6.07, 6.45) is 4.77.